The zero-order valence-corrected chi connectivity index (χ0v) is 20.9. The van der Waals surface area contributed by atoms with E-state index in [1.165, 1.54) is 18.2 Å². The van der Waals surface area contributed by atoms with Crippen LogP contribution in [0.25, 0.3) is 0 Å². The minimum absolute atomic E-state index is 0.107. The Morgan fingerprint density at radius 2 is 1.61 bits per heavy atom. The van der Waals surface area contributed by atoms with Crippen LogP contribution in [0.2, 0.25) is 10.0 Å². The van der Waals surface area contributed by atoms with Gasteiger partial charge in [-0.05, 0) is 60.2 Å². The van der Waals surface area contributed by atoms with Gasteiger partial charge in [0.05, 0.1) is 10.6 Å². The number of sulfonamides is 1. The molecule has 0 saturated carbocycles. The molecule has 0 spiro atoms. The third-order valence-electron chi connectivity index (χ3n) is 4.66. The van der Waals surface area contributed by atoms with Crippen molar-refractivity contribution in [3.05, 3.63) is 94.5 Å². The molecule has 3 aromatic rings. The lowest BCUT2D eigenvalue weighted by Gasteiger charge is -2.24. The molecule has 3 aromatic carbocycles. The number of halogens is 2. The lowest BCUT2D eigenvalue weighted by atomic mass is 10.2. The zero-order valence-electron chi connectivity index (χ0n) is 17.8. The van der Waals surface area contributed by atoms with Crippen LogP contribution in [0.3, 0.4) is 0 Å². The van der Waals surface area contributed by atoms with Crippen LogP contribution in [0.15, 0.2) is 83.8 Å². The summed E-state index contributed by atoms with van der Waals surface area (Å²) in [6.45, 7) is 0.114. The van der Waals surface area contributed by atoms with E-state index in [-0.39, 0.29) is 17.3 Å². The molecule has 0 radical (unpaired) electrons. The molecule has 174 valence electrons. The summed E-state index contributed by atoms with van der Waals surface area (Å²) in [4.78, 5) is 12.7. The molecule has 0 fully saturated rings. The number of hydrogen-bond acceptors (Lipinski definition) is 4. The van der Waals surface area contributed by atoms with Gasteiger partial charge < -0.3 is 5.32 Å². The van der Waals surface area contributed by atoms with Crippen molar-refractivity contribution in [3.63, 3.8) is 0 Å². The third-order valence-corrected chi connectivity index (χ3v) is 8.03. The van der Waals surface area contributed by atoms with Gasteiger partial charge in [0.1, 0.15) is 6.54 Å². The van der Waals surface area contributed by atoms with Crippen molar-refractivity contribution in [2.24, 2.45) is 0 Å². The number of nitrogens with one attached hydrogen (secondary N) is 1. The Balaban J connectivity index is 1.56. The number of carbonyl (C=O) groups excluding carboxylic acids is 1. The summed E-state index contributed by atoms with van der Waals surface area (Å²) in [6.07, 6.45) is 0.763. The lowest BCUT2D eigenvalue weighted by molar-refractivity contribution is -0.119. The molecule has 0 bridgehead atoms. The number of rotatable bonds is 11. The fourth-order valence-electron chi connectivity index (χ4n) is 3.07. The van der Waals surface area contributed by atoms with Crippen molar-refractivity contribution in [3.8, 4) is 0 Å². The highest BCUT2D eigenvalue weighted by Crippen LogP contribution is 2.26. The molecule has 9 heteroatoms. The van der Waals surface area contributed by atoms with E-state index in [0.717, 1.165) is 32.8 Å². The van der Waals surface area contributed by atoms with Crippen LogP contribution in [0.4, 0.5) is 5.69 Å². The van der Waals surface area contributed by atoms with Crippen LogP contribution in [0.1, 0.15) is 12.0 Å². The number of nitrogens with zero attached hydrogens (tertiary/aromatic N) is 1. The van der Waals surface area contributed by atoms with Gasteiger partial charge in [-0.25, -0.2) is 8.42 Å². The topological polar surface area (TPSA) is 66.5 Å². The van der Waals surface area contributed by atoms with E-state index in [1.54, 1.807) is 48.2 Å². The molecule has 1 N–H and O–H groups in total. The Kier molecular flexibility index (Phi) is 9.50. The molecule has 33 heavy (non-hydrogen) atoms. The van der Waals surface area contributed by atoms with E-state index >= 15 is 0 Å². The predicted molar refractivity (Wildman–Crippen MR) is 138 cm³/mol. The van der Waals surface area contributed by atoms with Crippen LogP contribution in [-0.4, -0.2) is 33.2 Å². The second-order valence-electron chi connectivity index (χ2n) is 7.19. The summed E-state index contributed by atoms with van der Waals surface area (Å²) in [5.74, 6) is 1.31. The van der Waals surface area contributed by atoms with E-state index in [9.17, 15) is 13.2 Å². The maximum absolute atomic E-state index is 13.2. The first-order chi connectivity index (χ1) is 15.9. The van der Waals surface area contributed by atoms with Crippen molar-refractivity contribution in [2.75, 3.05) is 23.1 Å². The molecule has 0 aliphatic carbocycles. The van der Waals surface area contributed by atoms with Crippen molar-refractivity contribution >= 4 is 56.6 Å². The molecule has 5 nitrogen and oxygen atoms in total. The lowest BCUT2D eigenvalue weighted by Crippen LogP contribution is -2.41. The molecule has 1 amide bonds. The molecule has 0 unspecified atom stereocenters. The van der Waals surface area contributed by atoms with Crippen LogP contribution in [0.5, 0.6) is 0 Å². The molecule has 0 aromatic heterocycles. The third kappa shape index (κ3) is 7.67. The quantitative estimate of drug-likeness (QED) is 0.331. The van der Waals surface area contributed by atoms with Crippen molar-refractivity contribution in [2.45, 2.75) is 17.1 Å². The Morgan fingerprint density at radius 3 is 2.30 bits per heavy atom. The van der Waals surface area contributed by atoms with Gasteiger partial charge in [-0.1, -0.05) is 59.6 Å². The van der Waals surface area contributed by atoms with Gasteiger partial charge in [-0.3, -0.25) is 9.10 Å². The zero-order chi connectivity index (χ0) is 23.7. The Hall–Kier alpha value is -2.19. The summed E-state index contributed by atoms with van der Waals surface area (Å²) in [5.41, 5.74) is 1.48. The van der Waals surface area contributed by atoms with Gasteiger partial charge in [-0.2, -0.15) is 11.8 Å². The first kappa shape index (κ1) is 25.4. The maximum Gasteiger partial charge on any atom is 0.264 e. The van der Waals surface area contributed by atoms with Gasteiger partial charge in [-0.15, -0.1) is 0 Å². The highest BCUT2D eigenvalue weighted by molar-refractivity contribution is 7.98. The Morgan fingerprint density at radius 1 is 0.909 bits per heavy atom. The smallest absolute Gasteiger partial charge is 0.264 e. The molecule has 0 aliphatic heterocycles. The number of anilines is 1. The van der Waals surface area contributed by atoms with Gasteiger partial charge >= 0.3 is 0 Å². The maximum atomic E-state index is 13.2. The standard InChI is InChI=1S/C24H24Cl2N2O3S2/c25-20-8-4-7-19(15-20)18-32-14-6-13-27-24(29)17-28(22-10-5-9-21(26)16-22)33(30,31)23-11-2-1-3-12-23/h1-5,7-12,15-16H,6,13-14,17-18H2,(H,27,29). The summed E-state index contributed by atoms with van der Waals surface area (Å²) < 4.78 is 27.6. The monoisotopic (exact) mass is 522 g/mol. The SMILES string of the molecule is O=C(CN(c1cccc(Cl)c1)S(=O)(=O)c1ccccc1)NCCCSCc1cccc(Cl)c1. The summed E-state index contributed by atoms with van der Waals surface area (Å²) >= 11 is 13.8. The fourth-order valence-corrected chi connectivity index (χ4v) is 5.81. The first-order valence-corrected chi connectivity index (χ1v) is 13.6. The van der Waals surface area contributed by atoms with Crippen LogP contribution >= 0.6 is 35.0 Å². The molecular weight excluding hydrogens is 499 g/mol. The molecule has 0 saturated heterocycles. The van der Waals surface area contributed by atoms with Crippen molar-refractivity contribution < 1.29 is 13.2 Å². The number of hydrogen-bond donors (Lipinski definition) is 1. The van der Waals surface area contributed by atoms with Crippen LogP contribution < -0.4 is 9.62 Å². The largest absolute Gasteiger partial charge is 0.354 e. The first-order valence-electron chi connectivity index (χ1n) is 10.3. The summed E-state index contributed by atoms with van der Waals surface area (Å²) in [6, 6.07) is 22.2. The van der Waals surface area contributed by atoms with Crippen LogP contribution in [0, 0.1) is 0 Å². The summed E-state index contributed by atoms with van der Waals surface area (Å²) in [5, 5.41) is 3.92. The normalized spacial score (nSPS) is 11.2. The van der Waals surface area contributed by atoms with Gasteiger partial charge in [0.2, 0.25) is 5.91 Å². The molecule has 0 atom stereocenters. The number of amides is 1. The van der Waals surface area contributed by atoms with E-state index in [0.29, 0.717) is 17.3 Å². The van der Waals surface area contributed by atoms with Crippen LogP contribution in [-0.2, 0) is 20.6 Å². The average Bonchev–Trinajstić information content (AvgIpc) is 2.80. The van der Waals surface area contributed by atoms with E-state index < -0.39 is 10.0 Å². The van der Waals surface area contributed by atoms with Crippen molar-refractivity contribution in [1.29, 1.82) is 0 Å². The van der Waals surface area contributed by atoms with Gasteiger partial charge in [0.25, 0.3) is 10.0 Å². The minimum atomic E-state index is -3.94. The summed E-state index contributed by atoms with van der Waals surface area (Å²) in [7, 11) is -3.94. The van der Waals surface area contributed by atoms with E-state index in [4.69, 9.17) is 23.2 Å². The van der Waals surface area contributed by atoms with Gasteiger partial charge in [0, 0.05) is 22.3 Å². The Labute approximate surface area is 209 Å². The second kappa shape index (κ2) is 12.3. The predicted octanol–water partition coefficient (Wildman–Crippen LogP) is 5.63. The highest BCUT2D eigenvalue weighted by Gasteiger charge is 2.27. The van der Waals surface area contributed by atoms with E-state index in [1.807, 2.05) is 24.3 Å². The molecule has 0 heterocycles. The second-order valence-corrected chi connectivity index (χ2v) is 11.0. The van der Waals surface area contributed by atoms with E-state index in [2.05, 4.69) is 5.32 Å². The number of thioether (sulfide) groups is 1. The number of carbonyl (C=O) groups is 1. The fraction of sp³-hybridized carbons (Fsp3) is 0.208. The minimum Gasteiger partial charge on any atom is -0.354 e. The number of benzene rings is 3. The molecule has 0 aliphatic rings. The van der Waals surface area contributed by atoms with Gasteiger partial charge in [0.15, 0.2) is 0 Å². The average molecular weight is 524 g/mol. The molecular formula is C24H24Cl2N2O3S2. The van der Waals surface area contributed by atoms with Crippen molar-refractivity contribution in [1.82, 2.24) is 5.32 Å². The Bertz CT molecular complexity index is 1180. The highest BCUT2D eigenvalue weighted by atomic mass is 35.5. The molecule has 3 rings (SSSR count).